The van der Waals surface area contributed by atoms with Gasteiger partial charge in [0.1, 0.15) is 0 Å². The fourth-order valence-electron chi connectivity index (χ4n) is 2.18. The Morgan fingerprint density at radius 3 is 2.31 bits per heavy atom. The van der Waals surface area contributed by atoms with Gasteiger partial charge in [-0.2, -0.15) is 0 Å². The molecule has 2 nitrogen and oxygen atoms in total. The molecule has 1 rings (SSSR count). The Balaban J connectivity index is 3.05. The first-order valence-corrected chi connectivity index (χ1v) is 5.86. The summed E-state index contributed by atoms with van der Waals surface area (Å²) in [6.45, 7) is 6.07. The summed E-state index contributed by atoms with van der Waals surface area (Å²) in [6.07, 6.45) is 2.73. The standard InChI is InChI=1S/C14H20O2/c1-4-5-9-12(14(15)16)13-10(2)7-6-8-11(13)3/h6-8,12H,4-5,9H2,1-3H3,(H,15,16). The van der Waals surface area contributed by atoms with Crippen LogP contribution in [0, 0.1) is 13.8 Å². The smallest absolute Gasteiger partial charge is 0.310 e. The highest BCUT2D eigenvalue weighted by atomic mass is 16.4. The Labute approximate surface area is 97.3 Å². The molecule has 1 N–H and O–H groups in total. The van der Waals surface area contributed by atoms with E-state index in [4.69, 9.17) is 0 Å². The van der Waals surface area contributed by atoms with Crippen molar-refractivity contribution in [1.82, 2.24) is 0 Å². The van der Waals surface area contributed by atoms with Gasteiger partial charge in [-0.25, -0.2) is 0 Å². The highest BCUT2D eigenvalue weighted by Crippen LogP contribution is 2.28. The summed E-state index contributed by atoms with van der Waals surface area (Å²) in [5.41, 5.74) is 3.18. The van der Waals surface area contributed by atoms with Crippen molar-refractivity contribution >= 4 is 5.97 Å². The van der Waals surface area contributed by atoms with Crippen LogP contribution in [0.3, 0.4) is 0 Å². The third-order valence-electron chi connectivity index (χ3n) is 3.04. The summed E-state index contributed by atoms with van der Waals surface area (Å²) in [4.78, 5) is 11.3. The second kappa shape index (κ2) is 5.69. The third kappa shape index (κ3) is 2.84. The van der Waals surface area contributed by atoms with Crippen LogP contribution in [0.1, 0.15) is 48.8 Å². The summed E-state index contributed by atoms with van der Waals surface area (Å²) < 4.78 is 0. The van der Waals surface area contributed by atoms with E-state index in [2.05, 4.69) is 6.92 Å². The van der Waals surface area contributed by atoms with Crippen molar-refractivity contribution in [3.8, 4) is 0 Å². The van der Waals surface area contributed by atoms with Crippen molar-refractivity contribution in [1.29, 1.82) is 0 Å². The molecule has 0 amide bonds. The first kappa shape index (κ1) is 12.8. The average molecular weight is 220 g/mol. The van der Waals surface area contributed by atoms with Crippen LogP contribution in [0.15, 0.2) is 18.2 Å². The summed E-state index contributed by atoms with van der Waals surface area (Å²) in [7, 11) is 0. The topological polar surface area (TPSA) is 37.3 Å². The van der Waals surface area contributed by atoms with Crippen LogP contribution >= 0.6 is 0 Å². The van der Waals surface area contributed by atoms with E-state index in [1.807, 2.05) is 32.0 Å². The maximum Gasteiger partial charge on any atom is 0.310 e. The van der Waals surface area contributed by atoms with Gasteiger partial charge in [-0.3, -0.25) is 4.79 Å². The summed E-state index contributed by atoms with van der Waals surface area (Å²) in [5, 5.41) is 9.30. The molecule has 0 heterocycles. The highest BCUT2D eigenvalue weighted by molar-refractivity contribution is 5.77. The van der Waals surface area contributed by atoms with E-state index in [1.54, 1.807) is 0 Å². The molecule has 0 fully saturated rings. The second-order valence-corrected chi connectivity index (χ2v) is 4.34. The van der Waals surface area contributed by atoms with Gasteiger partial charge in [-0.15, -0.1) is 0 Å². The van der Waals surface area contributed by atoms with Crippen molar-refractivity contribution in [2.45, 2.75) is 46.0 Å². The Morgan fingerprint density at radius 2 is 1.88 bits per heavy atom. The molecule has 0 aliphatic carbocycles. The lowest BCUT2D eigenvalue weighted by Crippen LogP contribution is -2.14. The lowest BCUT2D eigenvalue weighted by atomic mass is 9.87. The van der Waals surface area contributed by atoms with E-state index in [9.17, 15) is 9.90 Å². The van der Waals surface area contributed by atoms with Gasteiger partial charge >= 0.3 is 5.97 Å². The molecule has 1 unspecified atom stereocenters. The van der Waals surface area contributed by atoms with Gasteiger partial charge in [0.05, 0.1) is 5.92 Å². The van der Waals surface area contributed by atoms with Crippen LogP contribution in [0.5, 0.6) is 0 Å². The van der Waals surface area contributed by atoms with Crippen LogP contribution < -0.4 is 0 Å². The maximum atomic E-state index is 11.3. The van der Waals surface area contributed by atoms with Crippen LogP contribution in [0.25, 0.3) is 0 Å². The van der Waals surface area contributed by atoms with Crippen LogP contribution in [-0.2, 0) is 4.79 Å². The Kier molecular flexibility index (Phi) is 4.53. The monoisotopic (exact) mass is 220 g/mol. The number of benzene rings is 1. The van der Waals surface area contributed by atoms with Crippen LogP contribution in [0.2, 0.25) is 0 Å². The predicted octanol–water partition coefficient (Wildman–Crippen LogP) is 3.66. The number of rotatable bonds is 5. The van der Waals surface area contributed by atoms with E-state index in [0.29, 0.717) is 0 Å². The first-order valence-electron chi connectivity index (χ1n) is 5.86. The third-order valence-corrected chi connectivity index (χ3v) is 3.04. The number of unbranched alkanes of at least 4 members (excludes halogenated alkanes) is 1. The number of hydrogen-bond acceptors (Lipinski definition) is 1. The lowest BCUT2D eigenvalue weighted by molar-refractivity contribution is -0.139. The van der Waals surface area contributed by atoms with Gasteiger partial charge in [0, 0.05) is 0 Å². The van der Waals surface area contributed by atoms with Crippen molar-refractivity contribution in [3.63, 3.8) is 0 Å². The molecular weight excluding hydrogens is 200 g/mol. The molecule has 1 aromatic carbocycles. The van der Waals surface area contributed by atoms with Crippen molar-refractivity contribution in [3.05, 3.63) is 34.9 Å². The summed E-state index contributed by atoms with van der Waals surface area (Å²) in [6, 6.07) is 5.96. The Bertz CT molecular complexity index is 349. The minimum atomic E-state index is -0.703. The van der Waals surface area contributed by atoms with E-state index >= 15 is 0 Å². The summed E-state index contributed by atoms with van der Waals surface area (Å²) in [5.74, 6) is -1.05. The molecule has 0 saturated carbocycles. The van der Waals surface area contributed by atoms with Gasteiger partial charge in [0.2, 0.25) is 0 Å². The van der Waals surface area contributed by atoms with Crippen LogP contribution in [0.4, 0.5) is 0 Å². The zero-order chi connectivity index (χ0) is 12.1. The SMILES string of the molecule is CCCCC(C(=O)O)c1c(C)cccc1C. The van der Waals surface area contributed by atoms with E-state index in [0.717, 1.165) is 36.0 Å². The molecule has 0 aromatic heterocycles. The van der Waals surface area contributed by atoms with Gasteiger partial charge in [-0.1, -0.05) is 38.0 Å². The minimum absolute atomic E-state index is 0.346. The number of hydrogen-bond donors (Lipinski definition) is 1. The molecule has 0 radical (unpaired) electrons. The molecule has 0 aliphatic rings. The largest absolute Gasteiger partial charge is 0.481 e. The maximum absolute atomic E-state index is 11.3. The number of aliphatic carboxylic acids is 1. The van der Waals surface area contributed by atoms with Crippen LogP contribution in [-0.4, -0.2) is 11.1 Å². The molecule has 88 valence electrons. The van der Waals surface area contributed by atoms with E-state index < -0.39 is 5.97 Å². The molecule has 0 bridgehead atoms. The van der Waals surface area contributed by atoms with Gasteiger partial charge in [0.25, 0.3) is 0 Å². The zero-order valence-electron chi connectivity index (χ0n) is 10.3. The highest BCUT2D eigenvalue weighted by Gasteiger charge is 2.22. The predicted molar refractivity (Wildman–Crippen MR) is 65.8 cm³/mol. The van der Waals surface area contributed by atoms with Crippen molar-refractivity contribution in [2.24, 2.45) is 0 Å². The molecule has 0 saturated heterocycles. The van der Waals surface area contributed by atoms with Gasteiger partial charge in [0.15, 0.2) is 0 Å². The lowest BCUT2D eigenvalue weighted by Gasteiger charge is -2.17. The number of carboxylic acid groups (broad SMARTS) is 1. The summed E-state index contributed by atoms with van der Waals surface area (Å²) >= 11 is 0. The molecular formula is C14H20O2. The molecule has 1 atom stereocenters. The van der Waals surface area contributed by atoms with E-state index in [-0.39, 0.29) is 5.92 Å². The van der Waals surface area contributed by atoms with Crippen molar-refractivity contribution < 1.29 is 9.90 Å². The Hall–Kier alpha value is -1.31. The number of carbonyl (C=O) groups is 1. The second-order valence-electron chi connectivity index (χ2n) is 4.34. The fourth-order valence-corrected chi connectivity index (χ4v) is 2.18. The fraction of sp³-hybridized carbons (Fsp3) is 0.500. The molecule has 0 aliphatic heterocycles. The quantitative estimate of drug-likeness (QED) is 0.822. The average Bonchev–Trinajstić information content (AvgIpc) is 2.21. The van der Waals surface area contributed by atoms with Crippen molar-refractivity contribution in [2.75, 3.05) is 0 Å². The normalized spacial score (nSPS) is 12.4. The number of aryl methyl sites for hydroxylation is 2. The minimum Gasteiger partial charge on any atom is -0.481 e. The number of carboxylic acids is 1. The molecule has 0 spiro atoms. The molecule has 1 aromatic rings. The van der Waals surface area contributed by atoms with E-state index in [1.165, 1.54) is 0 Å². The zero-order valence-corrected chi connectivity index (χ0v) is 10.3. The first-order chi connectivity index (χ1) is 7.57. The molecule has 16 heavy (non-hydrogen) atoms. The van der Waals surface area contributed by atoms with Gasteiger partial charge in [-0.05, 0) is 37.0 Å². The Morgan fingerprint density at radius 1 is 1.31 bits per heavy atom. The van der Waals surface area contributed by atoms with Gasteiger partial charge < -0.3 is 5.11 Å². The molecule has 2 heteroatoms.